The summed E-state index contributed by atoms with van der Waals surface area (Å²) in [6.45, 7) is 3.97. The van der Waals surface area contributed by atoms with E-state index in [1.165, 1.54) is 11.8 Å². The van der Waals surface area contributed by atoms with Crippen molar-refractivity contribution in [1.29, 1.82) is 0 Å². The van der Waals surface area contributed by atoms with Gasteiger partial charge in [0.15, 0.2) is 0 Å². The minimum atomic E-state index is -0.459. The molecule has 6 nitrogen and oxygen atoms in total. The summed E-state index contributed by atoms with van der Waals surface area (Å²) in [7, 11) is 0. The zero-order valence-corrected chi connectivity index (χ0v) is 23.2. The fourth-order valence-corrected chi connectivity index (χ4v) is 4.86. The first kappa shape index (κ1) is 28.4. The van der Waals surface area contributed by atoms with Gasteiger partial charge in [0.05, 0.1) is 5.25 Å². The molecule has 0 heterocycles. The van der Waals surface area contributed by atoms with Crippen molar-refractivity contribution in [3.8, 4) is 0 Å². The Morgan fingerprint density at radius 1 is 0.775 bits per heavy atom. The van der Waals surface area contributed by atoms with Gasteiger partial charge in [0, 0.05) is 21.8 Å². The lowest BCUT2D eigenvalue weighted by Gasteiger charge is -2.16. The van der Waals surface area contributed by atoms with Crippen LogP contribution in [0.1, 0.15) is 34.8 Å². The lowest BCUT2D eigenvalue weighted by atomic mass is 10.1. The van der Waals surface area contributed by atoms with Crippen LogP contribution in [0.15, 0.2) is 120 Å². The van der Waals surface area contributed by atoms with E-state index in [-0.39, 0.29) is 22.8 Å². The van der Waals surface area contributed by atoms with Crippen LogP contribution in [0.5, 0.6) is 0 Å². The van der Waals surface area contributed by atoms with Crippen LogP contribution in [0.4, 0.5) is 11.4 Å². The first-order valence-electron chi connectivity index (χ1n) is 13.0. The van der Waals surface area contributed by atoms with Crippen LogP contribution in [0.25, 0.3) is 6.08 Å². The monoisotopic (exact) mass is 549 g/mol. The second kappa shape index (κ2) is 14.0. The molecule has 0 saturated carbocycles. The summed E-state index contributed by atoms with van der Waals surface area (Å²) in [5.41, 5.74) is 3.77. The Bertz CT molecular complexity index is 1490. The molecule has 202 valence electrons. The molecule has 0 bridgehead atoms. The molecule has 0 aromatic heterocycles. The minimum Gasteiger partial charge on any atom is -0.325 e. The molecule has 7 heteroatoms. The molecule has 4 rings (SSSR count). The van der Waals surface area contributed by atoms with Crippen LogP contribution < -0.4 is 16.0 Å². The minimum absolute atomic E-state index is 0.0810. The average molecular weight is 550 g/mol. The van der Waals surface area contributed by atoms with E-state index >= 15 is 0 Å². The molecule has 4 aromatic rings. The molecule has 1 unspecified atom stereocenters. The van der Waals surface area contributed by atoms with E-state index in [0.29, 0.717) is 17.7 Å². The number of thioether (sulfide) groups is 1. The van der Waals surface area contributed by atoms with Crippen LogP contribution in [-0.4, -0.2) is 23.0 Å². The summed E-state index contributed by atoms with van der Waals surface area (Å²) in [6, 6.07) is 33.1. The van der Waals surface area contributed by atoms with Crippen molar-refractivity contribution in [1.82, 2.24) is 5.32 Å². The van der Waals surface area contributed by atoms with Gasteiger partial charge in [-0.05, 0) is 67.4 Å². The van der Waals surface area contributed by atoms with E-state index in [1.807, 2.05) is 92.7 Å². The van der Waals surface area contributed by atoms with Gasteiger partial charge in [-0.1, -0.05) is 79.2 Å². The van der Waals surface area contributed by atoms with Crippen molar-refractivity contribution in [3.05, 3.63) is 132 Å². The number of rotatable bonds is 10. The highest BCUT2D eigenvalue weighted by molar-refractivity contribution is 8.00. The molecule has 0 aliphatic rings. The summed E-state index contributed by atoms with van der Waals surface area (Å²) in [5, 5.41) is 8.31. The highest BCUT2D eigenvalue weighted by Crippen LogP contribution is 2.29. The van der Waals surface area contributed by atoms with Crippen LogP contribution in [0.3, 0.4) is 0 Å². The molecular formula is C33H31N3O3S. The summed E-state index contributed by atoms with van der Waals surface area (Å²) in [5.74, 6) is -0.922. The number of carbonyl (C=O) groups is 3. The Kier molecular flexibility index (Phi) is 9.91. The number of aryl methyl sites for hydroxylation is 1. The SMILES string of the molecule is CCC(Sc1cccc(NC(=O)/C(=C/c2ccccc2)NC(=O)c2ccccc2)c1)C(=O)Nc1ccc(C)cc1. The summed E-state index contributed by atoms with van der Waals surface area (Å²) < 4.78 is 0. The third kappa shape index (κ3) is 8.19. The van der Waals surface area contributed by atoms with Gasteiger partial charge in [-0.15, -0.1) is 11.8 Å². The van der Waals surface area contributed by atoms with Gasteiger partial charge < -0.3 is 16.0 Å². The number of nitrogens with one attached hydrogen (secondary N) is 3. The molecule has 3 amide bonds. The Morgan fingerprint density at radius 3 is 2.12 bits per heavy atom. The van der Waals surface area contributed by atoms with Crippen molar-refractivity contribution < 1.29 is 14.4 Å². The molecule has 4 aromatic carbocycles. The lowest BCUT2D eigenvalue weighted by molar-refractivity contribution is -0.116. The molecule has 1 atom stereocenters. The van der Waals surface area contributed by atoms with Crippen molar-refractivity contribution in [3.63, 3.8) is 0 Å². The normalized spacial score (nSPS) is 11.8. The first-order valence-corrected chi connectivity index (χ1v) is 13.9. The van der Waals surface area contributed by atoms with Crippen LogP contribution in [-0.2, 0) is 9.59 Å². The molecule has 0 saturated heterocycles. The predicted molar refractivity (Wildman–Crippen MR) is 163 cm³/mol. The number of hydrogen-bond donors (Lipinski definition) is 3. The molecule has 0 fully saturated rings. The molecular weight excluding hydrogens is 518 g/mol. The van der Waals surface area contributed by atoms with Gasteiger partial charge >= 0.3 is 0 Å². The number of amides is 3. The maximum atomic E-state index is 13.3. The van der Waals surface area contributed by atoms with Crippen molar-refractivity contribution in [2.45, 2.75) is 30.4 Å². The summed E-state index contributed by atoms with van der Waals surface area (Å²) >= 11 is 1.43. The van der Waals surface area contributed by atoms with Crippen molar-refractivity contribution in [2.75, 3.05) is 10.6 Å². The van der Waals surface area contributed by atoms with Crippen LogP contribution in [0, 0.1) is 6.92 Å². The fourth-order valence-electron chi connectivity index (χ4n) is 3.85. The van der Waals surface area contributed by atoms with Crippen molar-refractivity contribution >= 4 is 46.9 Å². The Hall–Kier alpha value is -4.62. The average Bonchev–Trinajstić information content (AvgIpc) is 2.98. The standard InChI is InChI=1S/C33H31N3O3S/c1-3-30(33(39)34-26-19-17-23(2)18-20-26)40-28-16-10-15-27(22-28)35-32(38)29(21-24-11-6-4-7-12-24)36-31(37)25-13-8-5-9-14-25/h4-22,30H,3H2,1-2H3,(H,34,39)(H,35,38)(H,36,37)/b29-21-. The molecule has 3 N–H and O–H groups in total. The summed E-state index contributed by atoms with van der Waals surface area (Å²) in [6.07, 6.45) is 2.27. The van der Waals surface area contributed by atoms with E-state index < -0.39 is 5.91 Å². The quantitative estimate of drug-likeness (QED) is 0.148. The maximum absolute atomic E-state index is 13.3. The molecule has 0 aliphatic heterocycles. The topological polar surface area (TPSA) is 87.3 Å². The molecule has 0 radical (unpaired) electrons. The van der Waals surface area contributed by atoms with Gasteiger partial charge in [-0.25, -0.2) is 0 Å². The second-order valence-corrected chi connectivity index (χ2v) is 10.4. The van der Waals surface area contributed by atoms with Gasteiger partial charge in [0.25, 0.3) is 11.8 Å². The summed E-state index contributed by atoms with van der Waals surface area (Å²) in [4.78, 5) is 40.0. The highest BCUT2D eigenvalue weighted by atomic mass is 32.2. The number of carbonyl (C=O) groups excluding carboxylic acids is 3. The number of anilines is 2. The van der Waals surface area contributed by atoms with Gasteiger partial charge in [-0.3, -0.25) is 14.4 Å². The Labute approximate surface area is 238 Å². The fraction of sp³-hybridized carbons (Fsp3) is 0.121. The van der Waals surface area contributed by atoms with Gasteiger partial charge in [-0.2, -0.15) is 0 Å². The second-order valence-electron chi connectivity index (χ2n) is 9.14. The lowest BCUT2D eigenvalue weighted by Crippen LogP contribution is -2.30. The zero-order chi connectivity index (χ0) is 28.3. The van der Waals surface area contributed by atoms with E-state index in [1.54, 1.807) is 36.4 Å². The third-order valence-electron chi connectivity index (χ3n) is 5.99. The van der Waals surface area contributed by atoms with E-state index in [9.17, 15) is 14.4 Å². The van der Waals surface area contributed by atoms with Crippen LogP contribution in [0.2, 0.25) is 0 Å². The number of benzene rings is 4. The van der Waals surface area contributed by atoms with Gasteiger partial charge in [0.1, 0.15) is 5.70 Å². The largest absolute Gasteiger partial charge is 0.325 e. The van der Waals surface area contributed by atoms with Crippen molar-refractivity contribution in [2.24, 2.45) is 0 Å². The maximum Gasteiger partial charge on any atom is 0.272 e. The van der Waals surface area contributed by atoms with Crippen LogP contribution >= 0.6 is 11.8 Å². The Balaban J connectivity index is 1.48. The third-order valence-corrected chi connectivity index (χ3v) is 7.35. The number of hydrogen-bond acceptors (Lipinski definition) is 4. The highest BCUT2D eigenvalue weighted by Gasteiger charge is 2.19. The smallest absolute Gasteiger partial charge is 0.272 e. The predicted octanol–water partition coefficient (Wildman–Crippen LogP) is 6.91. The Morgan fingerprint density at radius 2 is 1.45 bits per heavy atom. The van der Waals surface area contributed by atoms with E-state index in [2.05, 4.69) is 16.0 Å². The van der Waals surface area contributed by atoms with E-state index in [0.717, 1.165) is 21.7 Å². The van der Waals surface area contributed by atoms with Gasteiger partial charge in [0.2, 0.25) is 5.91 Å². The molecule has 0 aliphatic carbocycles. The first-order chi connectivity index (χ1) is 19.4. The zero-order valence-electron chi connectivity index (χ0n) is 22.4. The van der Waals surface area contributed by atoms with E-state index in [4.69, 9.17) is 0 Å². The molecule has 40 heavy (non-hydrogen) atoms. The molecule has 0 spiro atoms.